The summed E-state index contributed by atoms with van der Waals surface area (Å²) < 4.78 is 5.26. The van der Waals surface area contributed by atoms with E-state index in [9.17, 15) is 4.79 Å². The SMILES string of the molecule is CCN(C(=O)c1ccc(N)cc1)C(C)c1cccc(OC)c1.Cl. The van der Waals surface area contributed by atoms with Gasteiger partial charge in [0.25, 0.3) is 5.91 Å². The number of carbonyl (C=O) groups is 1. The zero-order valence-electron chi connectivity index (χ0n) is 13.7. The average molecular weight is 335 g/mol. The van der Waals surface area contributed by atoms with Crippen molar-refractivity contribution >= 4 is 24.0 Å². The van der Waals surface area contributed by atoms with Crippen LogP contribution in [0.1, 0.15) is 35.8 Å². The Hall–Kier alpha value is -2.20. The van der Waals surface area contributed by atoms with E-state index in [0.717, 1.165) is 11.3 Å². The van der Waals surface area contributed by atoms with Gasteiger partial charge in [0.05, 0.1) is 13.2 Å². The van der Waals surface area contributed by atoms with Crippen molar-refractivity contribution in [2.24, 2.45) is 0 Å². The Balaban J connectivity index is 0.00000264. The van der Waals surface area contributed by atoms with E-state index in [2.05, 4.69) is 0 Å². The predicted molar refractivity (Wildman–Crippen MR) is 96.2 cm³/mol. The third-order valence-corrected chi connectivity index (χ3v) is 3.80. The van der Waals surface area contributed by atoms with E-state index in [1.54, 1.807) is 31.4 Å². The minimum Gasteiger partial charge on any atom is -0.497 e. The Bertz CT molecular complexity index is 644. The fraction of sp³-hybridized carbons (Fsp3) is 0.278. The monoisotopic (exact) mass is 334 g/mol. The van der Waals surface area contributed by atoms with Gasteiger partial charge < -0.3 is 15.4 Å². The average Bonchev–Trinajstić information content (AvgIpc) is 2.56. The van der Waals surface area contributed by atoms with Crippen LogP contribution in [-0.4, -0.2) is 24.5 Å². The lowest BCUT2D eigenvalue weighted by atomic mass is 10.0. The Morgan fingerprint density at radius 3 is 2.43 bits per heavy atom. The summed E-state index contributed by atoms with van der Waals surface area (Å²) in [7, 11) is 1.64. The van der Waals surface area contributed by atoms with Gasteiger partial charge in [-0.1, -0.05) is 12.1 Å². The highest BCUT2D eigenvalue weighted by molar-refractivity contribution is 5.94. The lowest BCUT2D eigenvalue weighted by molar-refractivity contribution is 0.0702. The molecule has 0 heterocycles. The van der Waals surface area contributed by atoms with E-state index in [-0.39, 0.29) is 24.4 Å². The van der Waals surface area contributed by atoms with Crippen molar-refractivity contribution < 1.29 is 9.53 Å². The number of halogens is 1. The molecule has 5 heteroatoms. The highest BCUT2D eigenvalue weighted by Crippen LogP contribution is 2.25. The van der Waals surface area contributed by atoms with Crippen molar-refractivity contribution in [1.29, 1.82) is 0 Å². The van der Waals surface area contributed by atoms with Crippen LogP contribution in [0.3, 0.4) is 0 Å². The zero-order chi connectivity index (χ0) is 16.1. The van der Waals surface area contributed by atoms with Crippen LogP contribution < -0.4 is 10.5 Å². The lowest BCUT2D eigenvalue weighted by Gasteiger charge is -2.28. The van der Waals surface area contributed by atoms with Crippen molar-refractivity contribution in [3.05, 3.63) is 59.7 Å². The number of carbonyl (C=O) groups excluding carboxylic acids is 1. The molecule has 1 unspecified atom stereocenters. The molecule has 0 aliphatic heterocycles. The van der Waals surface area contributed by atoms with Crippen molar-refractivity contribution in [3.63, 3.8) is 0 Å². The van der Waals surface area contributed by atoms with E-state index in [1.807, 2.05) is 43.0 Å². The Labute approximate surface area is 143 Å². The molecule has 0 aliphatic carbocycles. The first-order valence-electron chi connectivity index (χ1n) is 7.37. The number of hydrogen-bond donors (Lipinski definition) is 1. The standard InChI is InChI=1S/C18H22N2O2.ClH/c1-4-20(18(21)14-8-10-16(19)11-9-14)13(2)15-6-5-7-17(12-15)22-3;/h5-13H,4,19H2,1-3H3;1H. The number of hydrogen-bond acceptors (Lipinski definition) is 3. The molecule has 0 saturated heterocycles. The number of rotatable bonds is 5. The van der Waals surface area contributed by atoms with Crippen molar-refractivity contribution in [3.8, 4) is 5.75 Å². The smallest absolute Gasteiger partial charge is 0.254 e. The van der Waals surface area contributed by atoms with Crippen LogP contribution >= 0.6 is 12.4 Å². The molecule has 2 aromatic rings. The minimum atomic E-state index is -0.0369. The maximum Gasteiger partial charge on any atom is 0.254 e. The summed E-state index contributed by atoms with van der Waals surface area (Å²) >= 11 is 0. The number of anilines is 1. The van der Waals surface area contributed by atoms with Gasteiger partial charge in [-0.25, -0.2) is 0 Å². The number of nitrogen functional groups attached to an aromatic ring is 1. The minimum absolute atomic E-state index is 0. The largest absolute Gasteiger partial charge is 0.497 e. The fourth-order valence-electron chi connectivity index (χ4n) is 2.47. The first kappa shape index (κ1) is 18.8. The van der Waals surface area contributed by atoms with Gasteiger partial charge in [-0.2, -0.15) is 0 Å². The summed E-state index contributed by atoms with van der Waals surface area (Å²) in [6.45, 7) is 4.63. The molecule has 0 spiro atoms. The summed E-state index contributed by atoms with van der Waals surface area (Å²) in [6, 6.07) is 14.8. The third kappa shape index (κ3) is 4.39. The van der Waals surface area contributed by atoms with Crippen LogP contribution in [0.15, 0.2) is 48.5 Å². The van der Waals surface area contributed by atoms with Gasteiger partial charge in [-0.05, 0) is 55.8 Å². The second-order valence-electron chi connectivity index (χ2n) is 5.17. The maximum absolute atomic E-state index is 12.7. The molecule has 0 aliphatic rings. The van der Waals surface area contributed by atoms with Crippen LogP contribution in [0.25, 0.3) is 0 Å². The van der Waals surface area contributed by atoms with Crippen LogP contribution in [0.4, 0.5) is 5.69 Å². The molecule has 2 N–H and O–H groups in total. The van der Waals surface area contributed by atoms with Gasteiger partial charge in [-0.15, -0.1) is 12.4 Å². The van der Waals surface area contributed by atoms with Gasteiger partial charge in [0.2, 0.25) is 0 Å². The van der Waals surface area contributed by atoms with Gasteiger partial charge in [0, 0.05) is 17.8 Å². The van der Waals surface area contributed by atoms with Crippen molar-refractivity contribution in [1.82, 2.24) is 4.90 Å². The zero-order valence-corrected chi connectivity index (χ0v) is 14.5. The number of nitrogens with zero attached hydrogens (tertiary/aromatic N) is 1. The first-order chi connectivity index (χ1) is 10.6. The fourth-order valence-corrected chi connectivity index (χ4v) is 2.47. The molecule has 124 valence electrons. The highest BCUT2D eigenvalue weighted by Gasteiger charge is 2.21. The molecule has 1 amide bonds. The van der Waals surface area contributed by atoms with E-state index in [1.165, 1.54) is 0 Å². The van der Waals surface area contributed by atoms with Gasteiger partial charge >= 0.3 is 0 Å². The van der Waals surface area contributed by atoms with Crippen LogP contribution in [0.5, 0.6) is 5.75 Å². The normalized spacial score (nSPS) is 11.3. The van der Waals surface area contributed by atoms with Crippen LogP contribution in [0, 0.1) is 0 Å². The van der Waals surface area contributed by atoms with Crippen LogP contribution in [-0.2, 0) is 0 Å². The molecule has 4 nitrogen and oxygen atoms in total. The summed E-state index contributed by atoms with van der Waals surface area (Å²) in [4.78, 5) is 14.5. The molecular formula is C18H23ClN2O2. The predicted octanol–water partition coefficient (Wildman–Crippen LogP) is 3.92. The second kappa shape index (κ2) is 8.44. The molecule has 0 bridgehead atoms. The molecule has 0 radical (unpaired) electrons. The van der Waals surface area contributed by atoms with Gasteiger partial charge in [-0.3, -0.25) is 4.79 Å². The number of nitrogens with two attached hydrogens (primary N) is 1. The van der Waals surface area contributed by atoms with E-state index < -0.39 is 0 Å². The highest BCUT2D eigenvalue weighted by atomic mass is 35.5. The summed E-state index contributed by atoms with van der Waals surface area (Å²) in [5.74, 6) is 0.790. The molecule has 2 rings (SSSR count). The first-order valence-corrected chi connectivity index (χ1v) is 7.37. The van der Waals surface area contributed by atoms with Crippen LogP contribution in [0.2, 0.25) is 0 Å². The topological polar surface area (TPSA) is 55.6 Å². The lowest BCUT2D eigenvalue weighted by Crippen LogP contribution is -2.33. The summed E-state index contributed by atoms with van der Waals surface area (Å²) in [6.07, 6.45) is 0. The number of ether oxygens (including phenoxy) is 1. The molecule has 0 aromatic heterocycles. The molecule has 0 saturated carbocycles. The van der Waals surface area contributed by atoms with Crippen molar-refractivity contribution in [2.45, 2.75) is 19.9 Å². The molecule has 0 fully saturated rings. The van der Waals surface area contributed by atoms with E-state index >= 15 is 0 Å². The summed E-state index contributed by atoms with van der Waals surface area (Å²) in [5.41, 5.74) is 8.02. The third-order valence-electron chi connectivity index (χ3n) is 3.80. The second-order valence-corrected chi connectivity index (χ2v) is 5.17. The molecule has 1 atom stereocenters. The van der Waals surface area contributed by atoms with Gasteiger partial charge in [0.15, 0.2) is 0 Å². The van der Waals surface area contributed by atoms with Crippen molar-refractivity contribution in [2.75, 3.05) is 19.4 Å². The van der Waals surface area contributed by atoms with E-state index in [4.69, 9.17) is 10.5 Å². The Morgan fingerprint density at radius 1 is 1.22 bits per heavy atom. The Kier molecular flexibility index (Phi) is 6.91. The maximum atomic E-state index is 12.7. The number of methoxy groups -OCH3 is 1. The number of amides is 1. The summed E-state index contributed by atoms with van der Waals surface area (Å²) in [5, 5.41) is 0. The molecule has 23 heavy (non-hydrogen) atoms. The molecule has 2 aromatic carbocycles. The van der Waals surface area contributed by atoms with E-state index in [0.29, 0.717) is 17.8 Å². The number of benzene rings is 2. The Morgan fingerprint density at radius 2 is 1.87 bits per heavy atom. The quantitative estimate of drug-likeness (QED) is 0.843. The molecular weight excluding hydrogens is 312 g/mol. The van der Waals surface area contributed by atoms with Gasteiger partial charge in [0.1, 0.15) is 5.75 Å².